The molecule has 0 N–H and O–H groups in total. The molecule has 0 spiro atoms. The number of carbonyl (C=O) groups is 1. The molecule has 1 aromatic carbocycles. The monoisotopic (exact) mass is 286 g/mol. The SMILES string of the molecule is CCN(CC)C(=O)CCc1ncc(-c2ccc(C)cc2)o1. The van der Waals surface area contributed by atoms with Crippen LogP contribution in [-0.4, -0.2) is 28.9 Å². The number of hydrogen-bond donors (Lipinski definition) is 0. The molecule has 0 saturated carbocycles. The molecule has 2 aromatic rings. The summed E-state index contributed by atoms with van der Waals surface area (Å²) in [6, 6.07) is 8.12. The summed E-state index contributed by atoms with van der Waals surface area (Å²) in [6.07, 6.45) is 2.71. The van der Waals surface area contributed by atoms with Gasteiger partial charge in [-0.05, 0) is 20.8 Å². The lowest BCUT2D eigenvalue weighted by Gasteiger charge is -2.17. The normalized spacial score (nSPS) is 10.6. The molecule has 1 amide bonds. The van der Waals surface area contributed by atoms with Crippen molar-refractivity contribution in [3.63, 3.8) is 0 Å². The molecule has 0 atom stereocenters. The van der Waals surface area contributed by atoms with Crippen molar-refractivity contribution in [2.45, 2.75) is 33.6 Å². The van der Waals surface area contributed by atoms with Gasteiger partial charge < -0.3 is 9.32 Å². The quantitative estimate of drug-likeness (QED) is 0.817. The van der Waals surface area contributed by atoms with E-state index in [9.17, 15) is 4.79 Å². The van der Waals surface area contributed by atoms with Crippen LogP contribution in [0, 0.1) is 6.92 Å². The van der Waals surface area contributed by atoms with Gasteiger partial charge in [-0.1, -0.05) is 29.8 Å². The van der Waals surface area contributed by atoms with E-state index in [0.29, 0.717) is 18.7 Å². The third-order valence-corrected chi connectivity index (χ3v) is 3.56. The lowest BCUT2D eigenvalue weighted by Crippen LogP contribution is -2.30. The molecule has 0 fully saturated rings. The van der Waals surface area contributed by atoms with E-state index in [-0.39, 0.29) is 5.91 Å². The van der Waals surface area contributed by atoms with E-state index in [4.69, 9.17) is 4.42 Å². The molecule has 112 valence electrons. The molecule has 0 aliphatic carbocycles. The minimum absolute atomic E-state index is 0.148. The number of aromatic nitrogens is 1. The minimum atomic E-state index is 0.148. The Bertz CT molecular complexity index is 583. The summed E-state index contributed by atoms with van der Waals surface area (Å²) in [4.78, 5) is 18.0. The lowest BCUT2D eigenvalue weighted by molar-refractivity contribution is -0.130. The molecule has 1 heterocycles. The summed E-state index contributed by atoms with van der Waals surface area (Å²) in [6.45, 7) is 7.52. The molecule has 0 aliphatic heterocycles. The van der Waals surface area contributed by atoms with Crippen molar-refractivity contribution in [3.8, 4) is 11.3 Å². The summed E-state index contributed by atoms with van der Waals surface area (Å²) >= 11 is 0. The van der Waals surface area contributed by atoms with Gasteiger partial charge in [0.1, 0.15) is 0 Å². The van der Waals surface area contributed by atoms with Gasteiger partial charge >= 0.3 is 0 Å². The standard InChI is InChI=1S/C17H22N2O2/c1-4-19(5-2)17(20)11-10-16-18-12-15(21-16)14-8-6-13(3)7-9-14/h6-9,12H,4-5,10-11H2,1-3H3. The van der Waals surface area contributed by atoms with Gasteiger partial charge in [0.15, 0.2) is 11.7 Å². The number of nitrogens with zero attached hydrogens (tertiary/aromatic N) is 2. The van der Waals surface area contributed by atoms with Crippen LogP contribution in [0.3, 0.4) is 0 Å². The second kappa shape index (κ2) is 7.07. The molecule has 1 aromatic heterocycles. The number of benzene rings is 1. The van der Waals surface area contributed by atoms with Crippen LogP contribution in [-0.2, 0) is 11.2 Å². The third-order valence-electron chi connectivity index (χ3n) is 3.56. The second-order valence-electron chi connectivity index (χ2n) is 5.05. The van der Waals surface area contributed by atoms with E-state index in [1.807, 2.05) is 43.0 Å². The van der Waals surface area contributed by atoms with Crippen molar-refractivity contribution in [2.75, 3.05) is 13.1 Å². The van der Waals surface area contributed by atoms with Crippen LogP contribution in [0.15, 0.2) is 34.9 Å². The van der Waals surface area contributed by atoms with Crippen molar-refractivity contribution >= 4 is 5.91 Å². The Morgan fingerprint density at radius 2 is 1.86 bits per heavy atom. The van der Waals surface area contributed by atoms with Crippen LogP contribution in [0.4, 0.5) is 0 Å². The van der Waals surface area contributed by atoms with Gasteiger partial charge in [0, 0.05) is 31.5 Å². The van der Waals surface area contributed by atoms with Crippen LogP contribution in [0.25, 0.3) is 11.3 Å². The van der Waals surface area contributed by atoms with Crippen LogP contribution in [0.2, 0.25) is 0 Å². The first kappa shape index (κ1) is 15.3. The zero-order valence-electron chi connectivity index (χ0n) is 12.9. The van der Waals surface area contributed by atoms with Crippen LogP contribution in [0.5, 0.6) is 0 Å². The average Bonchev–Trinajstić information content (AvgIpc) is 2.96. The molecule has 21 heavy (non-hydrogen) atoms. The molecule has 0 saturated heterocycles. The van der Waals surface area contributed by atoms with Crippen molar-refractivity contribution in [3.05, 3.63) is 41.9 Å². The summed E-state index contributed by atoms with van der Waals surface area (Å²) in [7, 11) is 0. The number of aryl methyl sites for hydroxylation is 2. The maximum absolute atomic E-state index is 11.9. The lowest BCUT2D eigenvalue weighted by atomic mass is 10.1. The highest BCUT2D eigenvalue weighted by Crippen LogP contribution is 2.21. The van der Waals surface area contributed by atoms with Crippen LogP contribution >= 0.6 is 0 Å². The first-order valence-corrected chi connectivity index (χ1v) is 7.43. The van der Waals surface area contributed by atoms with Gasteiger partial charge in [-0.2, -0.15) is 0 Å². The van der Waals surface area contributed by atoms with E-state index < -0.39 is 0 Å². The Balaban J connectivity index is 1.97. The maximum Gasteiger partial charge on any atom is 0.223 e. The highest BCUT2D eigenvalue weighted by molar-refractivity contribution is 5.76. The minimum Gasteiger partial charge on any atom is -0.441 e. The molecule has 4 heteroatoms. The number of amides is 1. The highest BCUT2D eigenvalue weighted by Gasteiger charge is 2.12. The second-order valence-corrected chi connectivity index (χ2v) is 5.05. The number of rotatable bonds is 6. The van der Waals surface area contributed by atoms with Crippen LogP contribution in [0.1, 0.15) is 31.7 Å². The first-order chi connectivity index (χ1) is 10.1. The van der Waals surface area contributed by atoms with E-state index in [1.54, 1.807) is 6.20 Å². The molecule has 0 unspecified atom stereocenters. The Kier molecular flexibility index (Phi) is 5.14. The Morgan fingerprint density at radius 1 is 1.19 bits per heavy atom. The van der Waals surface area contributed by atoms with Crippen molar-refractivity contribution in [1.29, 1.82) is 0 Å². The van der Waals surface area contributed by atoms with Crippen molar-refractivity contribution < 1.29 is 9.21 Å². The topological polar surface area (TPSA) is 46.3 Å². The number of carbonyl (C=O) groups excluding carboxylic acids is 1. The van der Waals surface area contributed by atoms with Gasteiger partial charge in [0.25, 0.3) is 0 Å². The smallest absolute Gasteiger partial charge is 0.223 e. The molecular weight excluding hydrogens is 264 g/mol. The zero-order chi connectivity index (χ0) is 15.2. The van der Waals surface area contributed by atoms with Gasteiger partial charge in [0.2, 0.25) is 5.91 Å². The Hall–Kier alpha value is -2.10. The van der Waals surface area contributed by atoms with Gasteiger partial charge in [-0.25, -0.2) is 4.98 Å². The average molecular weight is 286 g/mol. The third kappa shape index (κ3) is 3.94. The Morgan fingerprint density at radius 3 is 2.48 bits per heavy atom. The first-order valence-electron chi connectivity index (χ1n) is 7.43. The fourth-order valence-electron chi connectivity index (χ4n) is 2.23. The summed E-state index contributed by atoms with van der Waals surface area (Å²) in [5, 5.41) is 0. The molecule has 4 nitrogen and oxygen atoms in total. The highest BCUT2D eigenvalue weighted by atomic mass is 16.4. The molecule has 0 bridgehead atoms. The molecule has 0 aliphatic rings. The molecule has 0 radical (unpaired) electrons. The van der Waals surface area contributed by atoms with Gasteiger partial charge in [-0.3, -0.25) is 4.79 Å². The maximum atomic E-state index is 11.9. The molecule has 2 rings (SSSR count). The van der Waals surface area contributed by atoms with Crippen molar-refractivity contribution in [2.24, 2.45) is 0 Å². The van der Waals surface area contributed by atoms with Crippen LogP contribution < -0.4 is 0 Å². The number of oxazole rings is 1. The van der Waals surface area contributed by atoms with Gasteiger partial charge in [0.05, 0.1) is 6.20 Å². The largest absolute Gasteiger partial charge is 0.441 e. The summed E-state index contributed by atoms with van der Waals surface area (Å²) in [5.74, 6) is 1.52. The summed E-state index contributed by atoms with van der Waals surface area (Å²) < 4.78 is 5.73. The predicted octanol–water partition coefficient (Wildman–Crippen LogP) is 3.45. The van der Waals surface area contributed by atoms with Crippen molar-refractivity contribution in [1.82, 2.24) is 9.88 Å². The predicted molar refractivity (Wildman–Crippen MR) is 82.9 cm³/mol. The van der Waals surface area contributed by atoms with E-state index in [0.717, 1.165) is 24.4 Å². The summed E-state index contributed by atoms with van der Waals surface area (Å²) in [5.41, 5.74) is 2.22. The fourth-order valence-corrected chi connectivity index (χ4v) is 2.23. The van der Waals surface area contributed by atoms with E-state index in [1.165, 1.54) is 5.56 Å². The molecular formula is C17H22N2O2. The van der Waals surface area contributed by atoms with Gasteiger partial charge in [-0.15, -0.1) is 0 Å². The Labute approximate surface area is 125 Å². The fraction of sp³-hybridized carbons (Fsp3) is 0.412. The number of hydrogen-bond acceptors (Lipinski definition) is 3. The zero-order valence-corrected chi connectivity index (χ0v) is 12.9. The van der Waals surface area contributed by atoms with E-state index in [2.05, 4.69) is 11.9 Å². The van der Waals surface area contributed by atoms with E-state index >= 15 is 0 Å².